The maximum absolute atomic E-state index is 5.86. The Balaban J connectivity index is 1.74. The van der Waals surface area contributed by atoms with Gasteiger partial charge in [-0.2, -0.15) is 4.98 Å². The molecule has 0 aliphatic carbocycles. The fourth-order valence-electron chi connectivity index (χ4n) is 2.98. The van der Waals surface area contributed by atoms with Crippen molar-refractivity contribution in [2.24, 2.45) is 5.73 Å². The van der Waals surface area contributed by atoms with E-state index in [0.29, 0.717) is 18.5 Å². The molecule has 5 nitrogen and oxygen atoms in total. The second-order valence-corrected chi connectivity index (χ2v) is 5.74. The van der Waals surface area contributed by atoms with Crippen molar-refractivity contribution in [1.82, 2.24) is 9.97 Å². The smallest absolute Gasteiger partial charge is 0.225 e. The summed E-state index contributed by atoms with van der Waals surface area (Å²) >= 11 is 0. The number of anilines is 2. The van der Waals surface area contributed by atoms with Crippen LogP contribution in [0.25, 0.3) is 0 Å². The number of hydrogen-bond donors (Lipinski definition) is 2. The number of nitrogens with zero attached hydrogens (tertiary/aromatic N) is 3. The molecule has 5 heteroatoms. The summed E-state index contributed by atoms with van der Waals surface area (Å²) < 4.78 is 0. The molecule has 22 heavy (non-hydrogen) atoms. The van der Waals surface area contributed by atoms with Crippen LogP contribution in [0.5, 0.6) is 0 Å². The van der Waals surface area contributed by atoms with Crippen LogP contribution in [0.3, 0.4) is 0 Å². The third kappa shape index (κ3) is 3.20. The van der Waals surface area contributed by atoms with E-state index < -0.39 is 0 Å². The average Bonchev–Trinajstić information content (AvgIpc) is 3.04. The fraction of sp³-hybridized carbons (Fsp3) is 0.412. The number of nitrogens with two attached hydrogens (primary N) is 1. The summed E-state index contributed by atoms with van der Waals surface area (Å²) in [6.07, 6.45) is 4.13. The first kappa shape index (κ1) is 14.8. The summed E-state index contributed by atoms with van der Waals surface area (Å²) in [5.74, 6) is 1.63. The van der Waals surface area contributed by atoms with E-state index in [1.807, 2.05) is 30.5 Å². The minimum Gasteiger partial charge on any atom is -0.352 e. The molecular weight excluding hydrogens is 274 g/mol. The highest BCUT2D eigenvalue weighted by Crippen LogP contribution is 2.24. The highest BCUT2D eigenvalue weighted by molar-refractivity contribution is 5.45. The van der Waals surface area contributed by atoms with Crippen LogP contribution in [0.15, 0.2) is 42.6 Å². The molecule has 1 fully saturated rings. The van der Waals surface area contributed by atoms with E-state index in [1.165, 1.54) is 12.0 Å². The van der Waals surface area contributed by atoms with Gasteiger partial charge in [0.1, 0.15) is 5.82 Å². The summed E-state index contributed by atoms with van der Waals surface area (Å²) in [6, 6.07) is 12.8. The zero-order valence-corrected chi connectivity index (χ0v) is 12.9. The first-order chi connectivity index (χ1) is 10.8. The van der Waals surface area contributed by atoms with Gasteiger partial charge in [-0.1, -0.05) is 30.3 Å². The lowest BCUT2D eigenvalue weighted by molar-refractivity contribution is 0.670. The predicted octanol–water partition coefficient (Wildman–Crippen LogP) is 2.58. The molecule has 2 unspecified atom stereocenters. The lowest BCUT2D eigenvalue weighted by Gasteiger charge is -2.25. The van der Waals surface area contributed by atoms with E-state index in [4.69, 9.17) is 5.73 Å². The monoisotopic (exact) mass is 297 g/mol. The van der Waals surface area contributed by atoms with E-state index in [1.54, 1.807) is 0 Å². The van der Waals surface area contributed by atoms with Gasteiger partial charge in [0.05, 0.1) is 6.04 Å². The van der Waals surface area contributed by atoms with E-state index in [2.05, 4.69) is 39.2 Å². The van der Waals surface area contributed by atoms with Gasteiger partial charge in [0.15, 0.2) is 0 Å². The Bertz CT molecular complexity index is 601. The van der Waals surface area contributed by atoms with Gasteiger partial charge < -0.3 is 16.0 Å². The molecule has 1 aliphatic rings. The summed E-state index contributed by atoms with van der Waals surface area (Å²) in [7, 11) is 0. The Morgan fingerprint density at radius 3 is 2.91 bits per heavy atom. The Morgan fingerprint density at radius 2 is 2.14 bits per heavy atom. The average molecular weight is 297 g/mol. The van der Waals surface area contributed by atoms with Crippen molar-refractivity contribution in [2.75, 3.05) is 23.3 Å². The van der Waals surface area contributed by atoms with Crippen molar-refractivity contribution in [3.8, 4) is 0 Å². The van der Waals surface area contributed by atoms with E-state index in [-0.39, 0.29) is 6.04 Å². The Kier molecular flexibility index (Phi) is 4.53. The van der Waals surface area contributed by atoms with Crippen LogP contribution in [-0.2, 0) is 0 Å². The first-order valence-electron chi connectivity index (χ1n) is 7.89. The molecule has 0 bridgehead atoms. The molecule has 1 aromatic heterocycles. The molecule has 2 atom stereocenters. The van der Waals surface area contributed by atoms with Crippen molar-refractivity contribution in [3.05, 3.63) is 48.2 Å². The lowest BCUT2D eigenvalue weighted by atomic mass is 10.1. The van der Waals surface area contributed by atoms with Crippen LogP contribution in [-0.4, -0.2) is 29.1 Å². The van der Waals surface area contributed by atoms with Gasteiger partial charge in [0.2, 0.25) is 5.95 Å². The fourth-order valence-corrected chi connectivity index (χ4v) is 2.98. The molecule has 0 spiro atoms. The number of hydrogen-bond acceptors (Lipinski definition) is 5. The van der Waals surface area contributed by atoms with Crippen molar-refractivity contribution >= 4 is 11.8 Å². The minimum atomic E-state index is 0.167. The highest BCUT2D eigenvalue weighted by Gasteiger charge is 2.24. The van der Waals surface area contributed by atoms with Crippen LogP contribution in [0.2, 0.25) is 0 Å². The summed E-state index contributed by atoms with van der Waals surface area (Å²) in [6.45, 7) is 3.81. The Morgan fingerprint density at radius 1 is 1.32 bits per heavy atom. The molecule has 2 aromatic rings. The predicted molar refractivity (Wildman–Crippen MR) is 89.9 cm³/mol. The summed E-state index contributed by atoms with van der Waals surface area (Å²) in [5, 5.41) is 3.37. The van der Waals surface area contributed by atoms with Crippen molar-refractivity contribution in [3.63, 3.8) is 0 Å². The molecule has 1 saturated heterocycles. The molecule has 116 valence electrons. The summed E-state index contributed by atoms with van der Waals surface area (Å²) in [4.78, 5) is 11.3. The third-order valence-electron chi connectivity index (χ3n) is 4.23. The third-order valence-corrected chi connectivity index (χ3v) is 4.23. The van der Waals surface area contributed by atoms with Crippen molar-refractivity contribution < 1.29 is 0 Å². The molecule has 0 saturated carbocycles. The number of rotatable bonds is 5. The molecule has 3 rings (SSSR count). The number of benzene rings is 1. The maximum atomic E-state index is 5.86. The van der Waals surface area contributed by atoms with Gasteiger partial charge in [-0.3, -0.25) is 0 Å². The van der Waals surface area contributed by atoms with E-state index >= 15 is 0 Å². The molecule has 0 radical (unpaired) electrons. The normalized spacial score (nSPS) is 19.2. The maximum Gasteiger partial charge on any atom is 0.225 e. The Hall–Kier alpha value is -2.14. The first-order valence-corrected chi connectivity index (χ1v) is 7.89. The largest absolute Gasteiger partial charge is 0.352 e. The van der Waals surface area contributed by atoms with Crippen LogP contribution in [0, 0.1) is 0 Å². The van der Waals surface area contributed by atoms with Crippen molar-refractivity contribution in [2.45, 2.75) is 31.8 Å². The van der Waals surface area contributed by atoms with Gasteiger partial charge in [-0.25, -0.2) is 4.98 Å². The Labute approximate surface area is 131 Å². The van der Waals surface area contributed by atoms with Crippen LogP contribution >= 0.6 is 0 Å². The molecule has 1 aromatic carbocycles. The van der Waals surface area contributed by atoms with Gasteiger partial charge in [0, 0.05) is 25.3 Å². The highest BCUT2D eigenvalue weighted by atomic mass is 15.3. The van der Waals surface area contributed by atoms with Crippen LogP contribution in [0.4, 0.5) is 11.8 Å². The lowest BCUT2D eigenvalue weighted by Crippen LogP contribution is -2.36. The molecule has 0 amide bonds. The van der Waals surface area contributed by atoms with Crippen LogP contribution < -0.4 is 16.0 Å². The standard InChI is InChI=1S/C17H23N5/c1-13(14-6-3-2-4-7-14)20-17-19-10-9-16(21-17)22-11-5-8-15(22)12-18/h2-4,6-7,9-10,13,15H,5,8,11-12,18H2,1H3,(H,19,20,21). The SMILES string of the molecule is CC(Nc1nccc(N2CCCC2CN)n1)c1ccccc1. The van der Waals surface area contributed by atoms with Crippen molar-refractivity contribution in [1.29, 1.82) is 0 Å². The number of nitrogens with one attached hydrogen (secondary N) is 1. The second kappa shape index (κ2) is 6.75. The molecular formula is C17H23N5. The van der Waals surface area contributed by atoms with Gasteiger partial charge in [0.25, 0.3) is 0 Å². The van der Waals surface area contributed by atoms with Gasteiger partial charge in [-0.05, 0) is 31.4 Å². The second-order valence-electron chi connectivity index (χ2n) is 5.74. The molecule has 1 aliphatic heterocycles. The zero-order chi connectivity index (χ0) is 15.4. The van der Waals surface area contributed by atoms with Gasteiger partial charge >= 0.3 is 0 Å². The minimum absolute atomic E-state index is 0.167. The van der Waals surface area contributed by atoms with E-state index in [0.717, 1.165) is 18.8 Å². The molecule has 2 heterocycles. The quantitative estimate of drug-likeness (QED) is 0.888. The van der Waals surface area contributed by atoms with Crippen LogP contribution in [0.1, 0.15) is 31.4 Å². The van der Waals surface area contributed by atoms with Gasteiger partial charge in [-0.15, -0.1) is 0 Å². The number of aromatic nitrogens is 2. The zero-order valence-electron chi connectivity index (χ0n) is 12.9. The molecule has 3 N–H and O–H groups in total. The topological polar surface area (TPSA) is 67.1 Å². The van der Waals surface area contributed by atoms with E-state index in [9.17, 15) is 0 Å². The summed E-state index contributed by atoms with van der Waals surface area (Å²) in [5.41, 5.74) is 7.08.